The SMILES string of the molecule is Cc1nc2ccc(S(=O)(=O)N3CCS(=O)c4ccc(-c5ncc(C#N)cn5)cc43)cc2s1. The summed E-state index contributed by atoms with van der Waals surface area (Å²) >= 11 is 1.44. The van der Waals surface area contributed by atoms with Crippen LogP contribution in [0, 0.1) is 18.3 Å². The van der Waals surface area contributed by atoms with Gasteiger partial charge in [-0.05, 0) is 43.3 Å². The predicted molar refractivity (Wildman–Crippen MR) is 122 cm³/mol. The van der Waals surface area contributed by atoms with Crippen molar-refractivity contribution in [1.82, 2.24) is 15.0 Å². The lowest BCUT2D eigenvalue weighted by molar-refractivity contribution is 0.591. The molecule has 1 unspecified atom stereocenters. The maximum Gasteiger partial charge on any atom is 0.264 e. The Morgan fingerprint density at radius 3 is 2.69 bits per heavy atom. The average molecular weight is 482 g/mol. The van der Waals surface area contributed by atoms with Crippen LogP contribution in [0.5, 0.6) is 0 Å². The molecule has 0 amide bonds. The van der Waals surface area contributed by atoms with Crippen molar-refractivity contribution in [2.45, 2.75) is 16.7 Å². The lowest BCUT2D eigenvalue weighted by atomic mass is 10.2. The normalized spacial score (nSPS) is 16.0. The Labute approximate surface area is 190 Å². The van der Waals surface area contributed by atoms with Crippen molar-refractivity contribution in [3.63, 3.8) is 0 Å². The molecule has 32 heavy (non-hydrogen) atoms. The third-order valence-electron chi connectivity index (χ3n) is 5.05. The number of fused-ring (bicyclic) bond motifs is 2. The zero-order valence-electron chi connectivity index (χ0n) is 16.7. The molecule has 1 atom stereocenters. The van der Waals surface area contributed by atoms with Gasteiger partial charge in [-0.25, -0.2) is 23.4 Å². The summed E-state index contributed by atoms with van der Waals surface area (Å²) in [6.07, 6.45) is 2.81. The third kappa shape index (κ3) is 3.46. The van der Waals surface area contributed by atoms with E-state index in [1.807, 2.05) is 13.0 Å². The maximum atomic E-state index is 13.6. The molecule has 2 aromatic heterocycles. The maximum absolute atomic E-state index is 13.6. The molecule has 160 valence electrons. The summed E-state index contributed by atoms with van der Waals surface area (Å²) in [5.74, 6) is 0.558. The van der Waals surface area contributed by atoms with Crippen molar-refractivity contribution in [1.29, 1.82) is 5.26 Å². The summed E-state index contributed by atoms with van der Waals surface area (Å²) in [6.45, 7) is 1.97. The van der Waals surface area contributed by atoms with E-state index in [2.05, 4.69) is 15.0 Å². The van der Waals surface area contributed by atoms with E-state index in [1.165, 1.54) is 28.0 Å². The Bertz CT molecular complexity index is 1540. The number of rotatable bonds is 3. The van der Waals surface area contributed by atoms with Gasteiger partial charge in [-0.1, -0.05) is 0 Å². The van der Waals surface area contributed by atoms with Gasteiger partial charge in [0, 0.05) is 30.3 Å². The smallest absolute Gasteiger partial charge is 0.264 e. The highest BCUT2D eigenvalue weighted by molar-refractivity contribution is 7.93. The van der Waals surface area contributed by atoms with Gasteiger partial charge in [-0.3, -0.25) is 8.51 Å². The number of anilines is 1. The molecule has 0 radical (unpaired) electrons. The van der Waals surface area contributed by atoms with Crippen molar-refractivity contribution in [3.8, 4) is 17.5 Å². The summed E-state index contributed by atoms with van der Waals surface area (Å²) in [5, 5.41) is 9.81. The highest BCUT2D eigenvalue weighted by Gasteiger charge is 2.32. The highest BCUT2D eigenvalue weighted by Crippen LogP contribution is 2.36. The van der Waals surface area contributed by atoms with Gasteiger partial charge in [-0.2, -0.15) is 5.26 Å². The second kappa shape index (κ2) is 7.74. The molecule has 3 heterocycles. The summed E-state index contributed by atoms with van der Waals surface area (Å²) in [5.41, 5.74) is 2.00. The fourth-order valence-electron chi connectivity index (χ4n) is 3.53. The first-order valence-electron chi connectivity index (χ1n) is 9.52. The Morgan fingerprint density at radius 2 is 1.94 bits per heavy atom. The molecular formula is C21H15N5O3S3. The van der Waals surface area contributed by atoms with E-state index in [9.17, 15) is 12.6 Å². The van der Waals surface area contributed by atoms with Crippen molar-refractivity contribution in [2.75, 3.05) is 16.6 Å². The van der Waals surface area contributed by atoms with Gasteiger partial charge in [-0.15, -0.1) is 11.3 Å². The van der Waals surface area contributed by atoms with E-state index in [1.54, 1.807) is 36.4 Å². The first-order chi connectivity index (χ1) is 15.4. The Morgan fingerprint density at radius 1 is 1.16 bits per heavy atom. The molecule has 1 aliphatic heterocycles. The summed E-state index contributed by atoms with van der Waals surface area (Å²) in [7, 11) is -5.21. The summed E-state index contributed by atoms with van der Waals surface area (Å²) in [6, 6.07) is 11.9. The molecule has 0 fully saturated rings. The van der Waals surface area contributed by atoms with Crippen LogP contribution in [0.25, 0.3) is 21.6 Å². The molecule has 0 aliphatic carbocycles. The molecule has 0 saturated carbocycles. The Hall–Kier alpha value is -3.20. The van der Waals surface area contributed by atoms with E-state index in [0.29, 0.717) is 27.5 Å². The van der Waals surface area contributed by atoms with Crippen molar-refractivity contribution < 1.29 is 12.6 Å². The molecule has 5 rings (SSSR count). The van der Waals surface area contributed by atoms with E-state index < -0.39 is 20.8 Å². The first kappa shape index (κ1) is 20.7. The fourth-order valence-corrected chi connectivity index (χ4v) is 7.34. The first-order valence-corrected chi connectivity index (χ1v) is 13.1. The zero-order chi connectivity index (χ0) is 22.5. The summed E-state index contributed by atoms with van der Waals surface area (Å²) in [4.78, 5) is 13.4. The number of nitrogens with zero attached hydrogens (tertiary/aromatic N) is 5. The number of benzene rings is 2. The van der Waals surface area contributed by atoms with Gasteiger partial charge in [0.2, 0.25) is 0 Å². The van der Waals surface area contributed by atoms with Crippen LogP contribution in [-0.4, -0.2) is 39.9 Å². The van der Waals surface area contributed by atoms with E-state index >= 15 is 0 Å². The minimum absolute atomic E-state index is 0.0966. The van der Waals surface area contributed by atoms with Crippen LogP contribution in [-0.2, 0) is 20.8 Å². The molecule has 0 N–H and O–H groups in total. The highest BCUT2D eigenvalue weighted by atomic mass is 32.2. The number of aromatic nitrogens is 3. The molecule has 8 nitrogen and oxygen atoms in total. The third-order valence-corrected chi connectivity index (χ3v) is 9.18. The van der Waals surface area contributed by atoms with Crippen LogP contribution in [0.15, 0.2) is 58.6 Å². The predicted octanol–water partition coefficient (Wildman–Crippen LogP) is 3.25. The number of thiazole rings is 1. The summed E-state index contributed by atoms with van der Waals surface area (Å²) < 4.78 is 41.9. The molecule has 0 bridgehead atoms. The zero-order valence-corrected chi connectivity index (χ0v) is 19.2. The number of hydrogen-bond acceptors (Lipinski definition) is 8. The minimum atomic E-state index is -3.90. The lowest BCUT2D eigenvalue weighted by Gasteiger charge is -2.30. The Kier molecular flexibility index (Phi) is 5.00. The van der Waals surface area contributed by atoms with Gasteiger partial charge < -0.3 is 0 Å². The van der Waals surface area contributed by atoms with Crippen LogP contribution in [0.4, 0.5) is 5.69 Å². The second-order valence-electron chi connectivity index (χ2n) is 7.08. The lowest BCUT2D eigenvalue weighted by Crippen LogP contribution is -2.38. The van der Waals surface area contributed by atoms with E-state index in [-0.39, 0.29) is 17.2 Å². The van der Waals surface area contributed by atoms with Crippen LogP contribution < -0.4 is 4.31 Å². The molecule has 11 heteroatoms. The van der Waals surface area contributed by atoms with Crippen LogP contribution >= 0.6 is 11.3 Å². The molecule has 0 spiro atoms. The number of hydrogen-bond donors (Lipinski definition) is 0. The molecule has 1 aliphatic rings. The molecular weight excluding hydrogens is 466 g/mol. The quantitative estimate of drug-likeness (QED) is 0.441. The van der Waals surface area contributed by atoms with Gasteiger partial charge in [0.1, 0.15) is 6.07 Å². The Balaban J connectivity index is 1.61. The number of aryl methyl sites for hydroxylation is 1. The standard InChI is InChI=1S/C21H15N5O3S3/c1-13-25-17-4-3-16(9-19(17)30-13)32(28,29)26-6-7-31(27)20-5-2-15(8-18(20)26)21-23-11-14(10-22)12-24-21/h2-5,8-9,11-12H,6-7H2,1H3. The van der Waals surface area contributed by atoms with Gasteiger partial charge in [0.25, 0.3) is 10.0 Å². The largest absolute Gasteiger partial charge is 0.264 e. The van der Waals surface area contributed by atoms with Crippen molar-refractivity contribution >= 4 is 48.1 Å². The monoisotopic (exact) mass is 481 g/mol. The van der Waals surface area contributed by atoms with E-state index in [0.717, 1.165) is 15.2 Å². The number of nitriles is 1. The molecule has 2 aromatic carbocycles. The van der Waals surface area contributed by atoms with Crippen LogP contribution in [0.1, 0.15) is 10.6 Å². The molecule has 0 saturated heterocycles. The van der Waals surface area contributed by atoms with Crippen LogP contribution in [0.3, 0.4) is 0 Å². The van der Waals surface area contributed by atoms with Crippen LogP contribution in [0.2, 0.25) is 0 Å². The van der Waals surface area contributed by atoms with E-state index in [4.69, 9.17) is 5.26 Å². The second-order valence-corrected chi connectivity index (χ2v) is 11.7. The minimum Gasteiger partial charge on any atom is -0.264 e. The molecule has 4 aromatic rings. The van der Waals surface area contributed by atoms with Gasteiger partial charge in [0.05, 0.1) is 47.1 Å². The van der Waals surface area contributed by atoms with Crippen molar-refractivity contribution in [3.05, 3.63) is 59.4 Å². The fraction of sp³-hybridized carbons (Fsp3) is 0.143. The van der Waals surface area contributed by atoms with Crippen molar-refractivity contribution in [2.24, 2.45) is 0 Å². The van der Waals surface area contributed by atoms with Gasteiger partial charge >= 0.3 is 0 Å². The van der Waals surface area contributed by atoms with Gasteiger partial charge in [0.15, 0.2) is 5.82 Å². The topological polar surface area (TPSA) is 117 Å². The number of sulfonamides is 1. The average Bonchev–Trinajstić information content (AvgIpc) is 3.18.